The van der Waals surface area contributed by atoms with Gasteiger partial charge in [-0.2, -0.15) is 5.26 Å². The first-order chi connectivity index (χ1) is 19.5. The Morgan fingerprint density at radius 1 is 1.23 bits per heavy atom. The summed E-state index contributed by atoms with van der Waals surface area (Å²) in [5, 5.41) is 18.8. The largest absolute Gasteiger partial charge is 0.476 e. The molecule has 2 aromatic heterocycles. The zero-order chi connectivity index (χ0) is 27.9. The van der Waals surface area contributed by atoms with Crippen LogP contribution in [-0.2, 0) is 14.3 Å². The molecule has 12 heteroatoms. The number of pyridine rings is 1. The van der Waals surface area contributed by atoms with Gasteiger partial charge in [0.05, 0.1) is 30.2 Å². The molecule has 2 saturated heterocycles. The second kappa shape index (κ2) is 13.1. The number of nitrogens with zero attached hydrogens (tertiary/aromatic N) is 3. The predicted octanol–water partition coefficient (Wildman–Crippen LogP) is 1.10. The lowest BCUT2D eigenvalue weighted by Crippen LogP contribution is -2.50. The molecule has 0 radical (unpaired) electrons. The van der Waals surface area contributed by atoms with E-state index in [1.807, 2.05) is 0 Å². The Kier molecular flexibility index (Phi) is 9.13. The number of nitriles is 1. The van der Waals surface area contributed by atoms with Crippen molar-refractivity contribution in [3.63, 3.8) is 0 Å². The third-order valence-electron chi connectivity index (χ3n) is 7.79. The Labute approximate surface area is 233 Å². The number of morpholine rings is 1. The molecular weight excluding hydrogens is 514 g/mol. The molecule has 3 amide bonds. The highest BCUT2D eigenvalue weighted by Crippen LogP contribution is 2.34. The van der Waals surface area contributed by atoms with E-state index in [2.05, 4.69) is 36.9 Å². The van der Waals surface area contributed by atoms with Crippen LogP contribution in [0.4, 0.5) is 0 Å². The number of carbonyl (C=O) groups is 3. The Morgan fingerprint density at radius 3 is 2.80 bits per heavy atom. The van der Waals surface area contributed by atoms with E-state index in [0.29, 0.717) is 54.4 Å². The first kappa shape index (κ1) is 27.9. The standard InChI is InChI=1S/C28H37N7O5/c29-17-20(15-19-2-1-6-30-25(19)36)32-26(37)23(14-18-3-4-18)34-27(38)24-16-21-22(33-24)5-7-31-28(21)40-13-10-35-8-11-39-12-9-35/h5,7,16,18-20,23,33H,1-4,6,8-15H2,(H,30,36)(H,32,37)(H,34,38)/t19?,20?,23-/m0/s1. The maximum absolute atomic E-state index is 13.3. The number of ether oxygens (including phenoxy) is 2. The van der Waals surface area contributed by atoms with Gasteiger partial charge in [-0.1, -0.05) is 12.8 Å². The summed E-state index contributed by atoms with van der Waals surface area (Å²) in [6.07, 6.45) is 5.93. The molecule has 3 atom stereocenters. The van der Waals surface area contributed by atoms with Crippen molar-refractivity contribution >= 4 is 28.6 Å². The molecule has 214 valence electrons. The van der Waals surface area contributed by atoms with Gasteiger partial charge in [0.1, 0.15) is 24.4 Å². The third-order valence-corrected chi connectivity index (χ3v) is 7.79. The molecule has 0 aromatic carbocycles. The van der Waals surface area contributed by atoms with Gasteiger partial charge in [0, 0.05) is 38.3 Å². The number of aromatic amines is 1. The van der Waals surface area contributed by atoms with Crippen LogP contribution in [0.15, 0.2) is 18.3 Å². The predicted molar refractivity (Wildman–Crippen MR) is 145 cm³/mol. The van der Waals surface area contributed by atoms with Crippen molar-refractivity contribution < 1.29 is 23.9 Å². The lowest BCUT2D eigenvalue weighted by atomic mass is 9.92. The highest BCUT2D eigenvalue weighted by Gasteiger charge is 2.33. The van der Waals surface area contributed by atoms with Crippen molar-refractivity contribution in [1.82, 2.24) is 30.8 Å². The molecule has 0 bridgehead atoms. The van der Waals surface area contributed by atoms with Gasteiger partial charge in [0.2, 0.25) is 17.7 Å². The highest BCUT2D eigenvalue weighted by molar-refractivity contribution is 6.01. The van der Waals surface area contributed by atoms with Gasteiger partial charge in [0.15, 0.2) is 0 Å². The van der Waals surface area contributed by atoms with Gasteiger partial charge in [-0.05, 0) is 43.7 Å². The summed E-state index contributed by atoms with van der Waals surface area (Å²) in [5.74, 6) is -0.415. The highest BCUT2D eigenvalue weighted by atomic mass is 16.5. The van der Waals surface area contributed by atoms with Crippen molar-refractivity contribution in [3.05, 3.63) is 24.0 Å². The van der Waals surface area contributed by atoms with Crippen molar-refractivity contribution in [1.29, 1.82) is 5.26 Å². The molecule has 2 aliphatic heterocycles. The number of amides is 3. The van der Waals surface area contributed by atoms with E-state index in [1.165, 1.54) is 0 Å². The number of H-pyrrole nitrogens is 1. The zero-order valence-corrected chi connectivity index (χ0v) is 22.6. The normalized spacial score (nSPS) is 21.2. The molecule has 3 aliphatic rings. The Hall–Kier alpha value is -3.69. The lowest BCUT2D eigenvalue weighted by molar-refractivity contribution is -0.128. The van der Waals surface area contributed by atoms with Crippen LogP contribution in [0.5, 0.6) is 5.88 Å². The van der Waals surface area contributed by atoms with E-state index < -0.39 is 23.9 Å². The molecule has 1 aliphatic carbocycles. The minimum absolute atomic E-state index is 0.0821. The Morgan fingerprint density at radius 2 is 2.05 bits per heavy atom. The van der Waals surface area contributed by atoms with Gasteiger partial charge in [-0.25, -0.2) is 4.98 Å². The van der Waals surface area contributed by atoms with Crippen LogP contribution in [0.2, 0.25) is 0 Å². The topological polar surface area (TPSA) is 161 Å². The Balaban J connectivity index is 1.21. The average molecular weight is 552 g/mol. The van der Waals surface area contributed by atoms with Crippen LogP contribution < -0.4 is 20.7 Å². The maximum Gasteiger partial charge on any atom is 0.268 e. The molecule has 0 spiro atoms. The van der Waals surface area contributed by atoms with Gasteiger partial charge < -0.3 is 30.4 Å². The summed E-state index contributed by atoms with van der Waals surface area (Å²) in [6, 6.07) is 3.97. The maximum atomic E-state index is 13.3. The number of fused-ring (bicyclic) bond motifs is 1. The van der Waals surface area contributed by atoms with Crippen molar-refractivity contribution in [2.75, 3.05) is 46.0 Å². The fourth-order valence-electron chi connectivity index (χ4n) is 5.28. The molecule has 1 saturated carbocycles. The fourth-order valence-corrected chi connectivity index (χ4v) is 5.28. The molecule has 2 aromatic rings. The van der Waals surface area contributed by atoms with E-state index in [4.69, 9.17) is 9.47 Å². The summed E-state index contributed by atoms with van der Waals surface area (Å²) in [6.45, 7) is 5.04. The number of carbonyl (C=O) groups excluding carboxylic acids is 3. The van der Waals surface area contributed by atoms with Crippen molar-refractivity contribution in [2.24, 2.45) is 11.8 Å². The number of hydrogen-bond donors (Lipinski definition) is 4. The molecular formula is C28H37N7O5. The van der Waals surface area contributed by atoms with Gasteiger partial charge in [-0.15, -0.1) is 0 Å². The van der Waals surface area contributed by atoms with E-state index in [-0.39, 0.29) is 18.2 Å². The summed E-state index contributed by atoms with van der Waals surface area (Å²) in [5.41, 5.74) is 1.00. The molecule has 2 unspecified atom stereocenters. The first-order valence-corrected chi connectivity index (χ1v) is 14.2. The van der Waals surface area contributed by atoms with Gasteiger partial charge in [-0.3, -0.25) is 19.3 Å². The Bertz CT molecular complexity index is 1250. The van der Waals surface area contributed by atoms with Crippen LogP contribution in [-0.4, -0.2) is 90.7 Å². The van der Waals surface area contributed by atoms with Gasteiger partial charge >= 0.3 is 0 Å². The molecule has 5 rings (SSSR count). The van der Waals surface area contributed by atoms with E-state index in [1.54, 1.807) is 18.3 Å². The van der Waals surface area contributed by atoms with Crippen LogP contribution in [0.1, 0.15) is 49.0 Å². The lowest BCUT2D eigenvalue weighted by Gasteiger charge is -2.26. The second-order valence-corrected chi connectivity index (χ2v) is 10.8. The molecule has 40 heavy (non-hydrogen) atoms. The SMILES string of the molecule is N#CC(CC1CCCNC1=O)NC(=O)[C@H](CC1CC1)NC(=O)c1cc2c(OCCN3CCOCC3)nccc2[nH]1. The summed E-state index contributed by atoms with van der Waals surface area (Å²) in [4.78, 5) is 48.3. The van der Waals surface area contributed by atoms with E-state index in [9.17, 15) is 19.6 Å². The fraction of sp³-hybridized carbons (Fsp3) is 0.607. The number of nitrogens with one attached hydrogen (secondary N) is 4. The van der Waals surface area contributed by atoms with Crippen molar-refractivity contribution in [2.45, 2.75) is 50.6 Å². The average Bonchev–Trinajstić information content (AvgIpc) is 3.68. The van der Waals surface area contributed by atoms with E-state index >= 15 is 0 Å². The number of hydrogen-bond acceptors (Lipinski definition) is 8. The summed E-state index contributed by atoms with van der Waals surface area (Å²) < 4.78 is 11.3. The number of aromatic nitrogens is 2. The van der Waals surface area contributed by atoms with Crippen LogP contribution >= 0.6 is 0 Å². The van der Waals surface area contributed by atoms with Crippen LogP contribution in [0, 0.1) is 23.2 Å². The minimum atomic E-state index is -0.809. The smallest absolute Gasteiger partial charge is 0.268 e. The van der Waals surface area contributed by atoms with E-state index in [0.717, 1.165) is 52.1 Å². The molecule has 4 heterocycles. The van der Waals surface area contributed by atoms with Gasteiger partial charge in [0.25, 0.3) is 5.91 Å². The summed E-state index contributed by atoms with van der Waals surface area (Å²) in [7, 11) is 0. The quantitative estimate of drug-likeness (QED) is 0.305. The van der Waals surface area contributed by atoms with Crippen LogP contribution in [0.25, 0.3) is 10.9 Å². The molecule has 4 N–H and O–H groups in total. The third kappa shape index (κ3) is 7.28. The minimum Gasteiger partial charge on any atom is -0.476 e. The first-order valence-electron chi connectivity index (χ1n) is 14.2. The summed E-state index contributed by atoms with van der Waals surface area (Å²) >= 11 is 0. The van der Waals surface area contributed by atoms with Crippen molar-refractivity contribution in [3.8, 4) is 11.9 Å². The number of piperidine rings is 1. The monoisotopic (exact) mass is 551 g/mol. The number of rotatable bonds is 12. The second-order valence-electron chi connectivity index (χ2n) is 10.8. The zero-order valence-electron chi connectivity index (χ0n) is 22.6. The van der Waals surface area contributed by atoms with Crippen LogP contribution in [0.3, 0.4) is 0 Å². The molecule has 3 fully saturated rings. The molecule has 12 nitrogen and oxygen atoms in total.